The summed E-state index contributed by atoms with van der Waals surface area (Å²) in [5.41, 5.74) is 7.86. The van der Waals surface area contributed by atoms with Gasteiger partial charge < -0.3 is 23.8 Å². The van der Waals surface area contributed by atoms with Gasteiger partial charge in [-0.1, -0.05) is 64.1 Å². The van der Waals surface area contributed by atoms with Crippen LogP contribution in [0.5, 0.6) is 17.2 Å². The van der Waals surface area contributed by atoms with Crippen molar-refractivity contribution in [2.45, 2.75) is 58.0 Å². The van der Waals surface area contributed by atoms with Crippen LogP contribution in [-0.2, 0) is 15.8 Å². The van der Waals surface area contributed by atoms with Crippen molar-refractivity contribution >= 4 is 22.5 Å². The zero-order valence-electron chi connectivity index (χ0n) is 32.5. The van der Waals surface area contributed by atoms with Crippen LogP contribution in [0.25, 0.3) is 28.0 Å². The lowest BCUT2D eigenvalue weighted by molar-refractivity contribution is 0.0641. The van der Waals surface area contributed by atoms with Gasteiger partial charge in [-0.2, -0.15) is 5.26 Å². The first kappa shape index (κ1) is 35.4. The highest BCUT2D eigenvalue weighted by atomic mass is 19.1. The second-order valence-electron chi connectivity index (χ2n) is 17.4. The van der Waals surface area contributed by atoms with Crippen molar-refractivity contribution in [3.8, 4) is 34.4 Å². The van der Waals surface area contributed by atoms with Crippen molar-refractivity contribution < 1.29 is 23.3 Å². The second-order valence-corrected chi connectivity index (χ2v) is 17.4. The van der Waals surface area contributed by atoms with Gasteiger partial charge in [0, 0.05) is 40.6 Å². The quantitative estimate of drug-likeness (QED) is 0.179. The van der Waals surface area contributed by atoms with Gasteiger partial charge in [-0.15, -0.1) is 0 Å². The summed E-state index contributed by atoms with van der Waals surface area (Å²) in [5, 5.41) is 12.3. The van der Waals surface area contributed by atoms with E-state index in [0.717, 1.165) is 82.8 Å². The first-order chi connectivity index (χ1) is 26.4. The Morgan fingerprint density at radius 2 is 1.45 bits per heavy atom. The van der Waals surface area contributed by atoms with Gasteiger partial charge in [0.05, 0.1) is 44.8 Å². The average molecular weight is 735 g/mol. The molecular weight excluding hydrogens is 688 g/mol. The average Bonchev–Trinajstić information content (AvgIpc) is 3.44. The van der Waals surface area contributed by atoms with Crippen LogP contribution in [0.4, 0.5) is 10.1 Å². The van der Waals surface area contributed by atoms with E-state index in [0.29, 0.717) is 18.8 Å². The number of hydrogen-bond donors (Lipinski definition) is 0. The molecule has 2 aliphatic heterocycles. The molecule has 2 heterocycles. The van der Waals surface area contributed by atoms with Gasteiger partial charge in [0.15, 0.2) is 5.60 Å². The van der Waals surface area contributed by atoms with E-state index in [4.69, 9.17) is 18.9 Å². The van der Waals surface area contributed by atoms with E-state index in [-0.39, 0.29) is 22.1 Å². The summed E-state index contributed by atoms with van der Waals surface area (Å²) >= 11 is 0. The summed E-state index contributed by atoms with van der Waals surface area (Å²) in [6.07, 6.45) is 7.35. The lowest BCUT2D eigenvalue weighted by Crippen LogP contribution is -2.44. The molecule has 1 saturated carbocycles. The molecule has 2 aliphatic carbocycles. The number of ether oxygens (including phenoxy) is 4. The fourth-order valence-corrected chi connectivity index (χ4v) is 11.0. The number of halogens is 1. The minimum absolute atomic E-state index is 0.0180. The van der Waals surface area contributed by atoms with E-state index in [1.165, 1.54) is 34.4 Å². The second kappa shape index (κ2) is 12.6. The number of methoxy groups -OCH3 is 2. The van der Waals surface area contributed by atoms with Crippen molar-refractivity contribution in [3.63, 3.8) is 0 Å². The third-order valence-electron chi connectivity index (χ3n) is 12.4. The predicted octanol–water partition coefficient (Wildman–Crippen LogP) is 10.6. The number of morpholine rings is 1. The molecule has 4 aliphatic rings. The molecule has 5 aromatic carbocycles. The lowest BCUT2D eigenvalue weighted by Gasteiger charge is -2.52. The SMILES string of the molecule is COc1ccc(C2(c3ccc(F)cc3)C=Cc3c4c(c5cc(N6CCOCC6)c(OC)cc5c3O2)-c2ccc(C#N)cc2C42CC(C)(C)CC(C)(C)C2)cc1. The summed E-state index contributed by atoms with van der Waals surface area (Å²) < 4.78 is 39.7. The number of nitriles is 1. The molecular formula is C48H47FN2O4. The molecule has 1 atom stereocenters. The van der Waals surface area contributed by atoms with Crippen molar-refractivity contribution in [1.29, 1.82) is 5.26 Å². The van der Waals surface area contributed by atoms with Crippen LogP contribution in [0.1, 0.15) is 80.3 Å². The molecule has 280 valence electrons. The molecule has 7 heteroatoms. The minimum atomic E-state index is -1.08. The predicted molar refractivity (Wildman–Crippen MR) is 216 cm³/mol. The molecule has 0 N–H and O–H groups in total. The summed E-state index contributed by atoms with van der Waals surface area (Å²) in [6, 6.07) is 27.8. The minimum Gasteiger partial charge on any atom is -0.497 e. The Balaban J connectivity index is 1.41. The zero-order chi connectivity index (χ0) is 38.3. The van der Waals surface area contributed by atoms with Crippen LogP contribution in [-0.4, -0.2) is 40.5 Å². The van der Waals surface area contributed by atoms with E-state index in [1.54, 1.807) is 14.2 Å². The van der Waals surface area contributed by atoms with Crippen molar-refractivity contribution in [2.24, 2.45) is 10.8 Å². The van der Waals surface area contributed by atoms with Gasteiger partial charge in [-0.3, -0.25) is 0 Å². The van der Waals surface area contributed by atoms with Crippen molar-refractivity contribution in [2.75, 3.05) is 45.4 Å². The Hall–Kier alpha value is -5.32. The van der Waals surface area contributed by atoms with Gasteiger partial charge in [-0.05, 0) is 112 Å². The Morgan fingerprint density at radius 3 is 2.09 bits per heavy atom. The lowest BCUT2D eigenvalue weighted by atomic mass is 9.52. The molecule has 9 rings (SSSR count). The van der Waals surface area contributed by atoms with Crippen LogP contribution >= 0.6 is 0 Å². The molecule has 0 amide bonds. The van der Waals surface area contributed by atoms with Crippen LogP contribution in [0, 0.1) is 28.0 Å². The van der Waals surface area contributed by atoms with Gasteiger partial charge in [-0.25, -0.2) is 4.39 Å². The maximum absolute atomic E-state index is 14.5. The third kappa shape index (κ3) is 5.52. The maximum Gasteiger partial charge on any atom is 0.178 e. The largest absolute Gasteiger partial charge is 0.497 e. The molecule has 6 nitrogen and oxygen atoms in total. The van der Waals surface area contributed by atoms with Crippen LogP contribution in [0.3, 0.4) is 0 Å². The Labute approximate surface area is 323 Å². The number of hydrogen-bond acceptors (Lipinski definition) is 6. The highest BCUT2D eigenvalue weighted by Gasteiger charge is 2.55. The van der Waals surface area contributed by atoms with Crippen LogP contribution < -0.4 is 19.1 Å². The van der Waals surface area contributed by atoms with Crippen LogP contribution in [0.2, 0.25) is 0 Å². The summed E-state index contributed by atoms with van der Waals surface area (Å²) in [5.74, 6) is 1.95. The molecule has 1 spiro atoms. The first-order valence-corrected chi connectivity index (χ1v) is 19.3. The summed E-state index contributed by atoms with van der Waals surface area (Å²) in [6.45, 7) is 12.4. The van der Waals surface area contributed by atoms with E-state index >= 15 is 0 Å². The number of nitrogens with zero attached hydrogens (tertiary/aromatic N) is 2. The Morgan fingerprint density at radius 1 is 0.782 bits per heavy atom. The first-order valence-electron chi connectivity index (χ1n) is 19.3. The number of fused-ring (bicyclic) bond motifs is 10. The number of anilines is 1. The van der Waals surface area contributed by atoms with Crippen LogP contribution in [0.15, 0.2) is 84.9 Å². The summed E-state index contributed by atoms with van der Waals surface area (Å²) in [7, 11) is 3.39. The maximum atomic E-state index is 14.5. The van der Waals surface area contributed by atoms with Gasteiger partial charge in [0.1, 0.15) is 23.1 Å². The van der Waals surface area contributed by atoms with E-state index in [2.05, 4.69) is 75.1 Å². The Kier molecular flexibility index (Phi) is 8.11. The molecule has 55 heavy (non-hydrogen) atoms. The fourth-order valence-electron chi connectivity index (χ4n) is 11.0. The van der Waals surface area contributed by atoms with Crippen molar-refractivity contribution in [1.82, 2.24) is 0 Å². The third-order valence-corrected chi connectivity index (χ3v) is 12.4. The number of benzene rings is 5. The molecule has 0 radical (unpaired) electrons. The monoisotopic (exact) mass is 734 g/mol. The molecule has 1 saturated heterocycles. The summed E-state index contributed by atoms with van der Waals surface area (Å²) in [4.78, 5) is 2.35. The standard InChI is InChI=1S/C48H47FN2O4/c1-45(2)27-46(3,4)29-47(28-45)39-23-30(26-50)7-16-35(39)42-37-24-40(51-19-21-54-22-20-51)41(53-6)25-38(37)44-36(43(42)47)17-18-48(55-44,31-8-12-33(49)13-9-31)32-10-14-34(52-5)15-11-32/h7-18,23-25H,19-22,27-29H2,1-6H3. The Bertz CT molecular complexity index is 2400. The normalized spacial score (nSPS) is 21.3. The molecule has 0 aromatic heterocycles. The zero-order valence-corrected chi connectivity index (χ0v) is 32.5. The van der Waals surface area contributed by atoms with Gasteiger partial charge >= 0.3 is 0 Å². The molecule has 1 unspecified atom stereocenters. The molecule has 5 aromatic rings. The van der Waals surface area contributed by atoms with E-state index in [1.807, 2.05) is 42.5 Å². The smallest absolute Gasteiger partial charge is 0.178 e. The fraction of sp³-hybridized carbons (Fsp3) is 0.354. The topological polar surface area (TPSA) is 64.0 Å². The van der Waals surface area contributed by atoms with E-state index in [9.17, 15) is 9.65 Å². The molecule has 0 bridgehead atoms. The highest BCUT2D eigenvalue weighted by molar-refractivity contribution is 6.10. The van der Waals surface area contributed by atoms with Gasteiger partial charge in [0.2, 0.25) is 0 Å². The number of rotatable bonds is 5. The molecule has 2 fully saturated rings. The van der Waals surface area contributed by atoms with Gasteiger partial charge in [0.25, 0.3) is 0 Å². The van der Waals surface area contributed by atoms with E-state index < -0.39 is 5.60 Å². The van der Waals surface area contributed by atoms with Crippen molar-refractivity contribution in [3.05, 3.63) is 124 Å². The highest BCUT2D eigenvalue weighted by Crippen LogP contribution is 2.67.